The Bertz CT molecular complexity index is 696. The third-order valence-corrected chi connectivity index (χ3v) is 4.24. The van der Waals surface area contributed by atoms with E-state index in [2.05, 4.69) is 30.3 Å². The maximum absolute atomic E-state index is 5.45. The molecule has 0 unspecified atom stereocenters. The van der Waals surface area contributed by atoms with E-state index in [4.69, 9.17) is 12.2 Å². The van der Waals surface area contributed by atoms with Gasteiger partial charge in [-0.3, -0.25) is 10.4 Å². The predicted molar refractivity (Wildman–Crippen MR) is 100 cm³/mol. The molecule has 0 radical (unpaired) electrons. The van der Waals surface area contributed by atoms with E-state index in [9.17, 15) is 0 Å². The fourth-order valence-electron chi connectivity index (χ4n) is 2.52. The summed E-state index contributed by atoms with van der Waals surface area (Å²) in [5, 5.41) is 4.99. The van der Waals surface area contributed by atoms with Gasteiger partial charge in [0.1, 0.15) is 5.82 Å². The van der Waals surface area contributed by atoms with Gasteiger partial charge in [0.25, 0.3) is 0 Å². The number of nitrogens with one attached hydrogen (secondary N) is 1. The highest BCUT2D eigenvalue weighted by molar-refractivity contribution is 7.80. The molecule has 7 heteroatoms. The number of hydrogen-bond acceptors (Lipinski definition) is 5. The highest BCUT2D eigenvalue weighted by atomic mass is 32.1. The van der Waals surface area contributed by atoms with Crippen molar-refractivity contribution in [1.29, 1.82) is 0 Å². The van der Waals surface area contributed by atoms with E-state index in [1.165, 1.54) is 0 Å². The number of hydrazone groups is 1. The average Bonchev–Trinajstić information content (AvgIpc) is 2.67. The van der Waals surface area contributed by atoms with E-state index in [0.717, 1.165) is 43.4 Å². The molecule has 0 aliphatic carbocycles. The van der Waals surface area contributed by atoms with Gasteiger partial charge < -0.3 is 9.80 Å². The first kappa shape index (κ1) is 16.3. The van der Waals surface area contributed by atoms with Crippen LogP contribution in [-0.4, -0.2) is 51.9 Å². The molecule has 0 spiro atoms. The van der Waals surface area contributed by atoms with Crippen molar-refractivity contribution >= 4 is 28.9 Å². The van der Waals surface area contributed by atoms with Crippen molar-refractivity contribution in [2.45, 2.75) is 6.92 Å². The smallest absolute Gasteiger partial charge is 0.189 e. The lowest BCUT2D eigenvalue weighted by molar-refractivity contribution is 0.380. The van der Waals surface area contributed by atoms with Gasteiger partial charge >= 0.3 is 0 Å². The Morgan fingerprint density at radius 3 is 2.38 bits per heavy atom. The van der Waals surface area contributed by atoms with Gasteiger partial charge in [-0.1, -0.05) is 12.1 Å². The zero-order valence-electron chi connectivity index (χ0n) is 13.6. The summed E-state index contributed by atoms with van der Waals surface area (Å²) in [6.45, 7) is 5.39. The molecule has 124 valence electrons. The van der Waals surface area contributed by atoms with Crippen LogP contribution >= 0.6 is 12.2 Å². The zero-order valence-corrected chi connectivity index (χ0v) is 14.4. The Hall–Kier alpha value is -2.54. The van der Waals surface area contributed by atoms with Crippen molar-refractivity contribution in [2.24, 2.45) is 5.10 Å². The van der Waals surface area contributed by atoms with Crippen LogP contribution in [0.5, 0.6) is 0 Å². The molecule has 0 aromatic carbocycles. The third kappa shape index (κ3) is 4.05. The van der Waals surface area contributed by atoms with Crippen molar-refractivity contribution in [2.75, 3.05) is 31.1 Å². The minimum atomic E-state index is 0.644. The van der Waals surface area contributed by atoms with Gasteiger partial charge in [-0.2, -0.15) is 5.10 Å². The highest BCUT2D eigenvalue weighted by Crippen LogP contribution is 2.12. The number of thiocarbonyl (C=S) groups is 1. The standard InChI is InChI=1S/C17H20N6S/c1-14(15-6-2-4-8-18-15)20-21-17(24)23-12-10-22(11-13-23)16-7-3-5-9-19-16/h2-9H,10-13H2,1H3,(H,21,24)/b20-14-. The predicted octanol–water partition coefficient (Wildman–Crippen LogP) is 1.90. The van der Waals surface area contributed by atoms with E-state index in [-0.39, 0.29) is 0 Å². The first-order valence-corrected chi connectivity index (χ1v) is 8.31. The van der Waals surface area contributed by atoms with Crippen LogP contribution in [0.4, 0.5) is 5.82 Å². The molecular weight excluding hydrogens is 320 g/mol. The molecule has 3 heterocycles. The largest absolute Gasteiger partial charge is 0.353 e. The Morgan fingerprint density at radius 1 is 1.04 bits per heavy atom. The fourth-order valence-corrected chi connectivity index (χ4v) is 2.74. The second-order valence-electron chi connectivity index (χ2n) is 5.49. The summed E-state index contributed by atoms with van der Waals surface area (Å²) in [7, 11) is 0. The normalized spacial score (nSPS) is 15.3. The van der Waals surface area contributed by atoms with Gasteiger partial charge in [0.05, 0.1) is 11.4 Å². The maximum atomic E-state index is 5.45. The molecule has 0 atom stereocenters. The molecule has 1 aliphatic heterocycles. The Kier molecular flexibility index (Phi) is 5.32. The molecule has 1 fully saturated rings. The molecular formula is C17H20N6S. The highest BCUT2D eigenvalue weighted by Gasteiger charge is 2.19. The topological polar surface area (TPSA) is 56.7 Å². The Morgan fingerprint density at radius 2 is 1.75 bits per heavy atom. The van der Waals surface area contributed by atoms with Gasteiger partial charge in [0.2, 0.25) is 0 Å². The molecule has 24 heavy (non-hydrogen) atoms. The Labute approximate surface area is 147 Å². The van der Waals surface area contributed by atoms with Crippen LogP contribution < -0.4 is 10.3 Å². The summed E-state index contributed by atoms with van der Waals surface area (Å²) in [5.74, 6) is 1.01. The molecule has 0 amide bonds. The number of rotatable bonds is 3. The number of hydrogen-bond donors (Lipinski definition) is 1. The second kappa shape index (κ2) is 7.83. The van der Waals surface area contributed by atoms with Gasteiger partial charge in [0.15, 0.2) is 5.11 Å². The summed E-state index contributed by atoms with van der Waals surface area (Å²) < 4.78 is 0. The van der Waals surface area contributed by atoms with Crippen molar-refractivity contribution in [3.05, 3.63) is 54.5 Å². The quantitative estimate of drug-likeness (QED) is 0.523. The van der Waals surface area contributed by atoms with E-state index >= 15 is 0 Å². The molecule has 2 aromatic rings. The van der Waals surface area contributed by atoms with Crippen LogP contribution in [-0.2, 0) is 0 Å². The summed E-state index contributed by atoms with van der Waals surface area (Å²) in [4.78, 5) is 13.1. The van der Waals surface area contributed by atoms with Gasteiger partial charge in [-0.25, -0.2) is 4.98 Å². The number of pyridine rings is 2. The molecule has 2 aromatic heterocycles. The lowest BCUT2D eigenvalue weighted by Gasteiger charge is -2.36. The SMILES string of the molecule is C/C(=N/NC(=S)N1CCN(c2ccccn2)CC1)c1ccccn1. The van der Waals surface area contributed by atoms with Gasteiger partial charge in [-0.05, 0) is 43.4 Å². The third-order valence-electron chi connectivity index (χ3n) is 3.89. The van der Waals surface area contributed by atoms with E-state index < -0.39 is 0 Å². The van der Waals surface area contributed by atoms with Gasteiger partial charge in [-0.15, -0.1) is 0 Å². The number of nitrogens with zero attached hydrogens (tertiary/aromatic N) is 5. The summed E-state index contributed by atoms with van der Waals surface area (Å²) >= 11 is 5.45. The Balaban J connectivity index is 1.52. The van der Waals surface area contributed by atoms with Crippen LogP contribution in [0.1, 0.15) is 12.6 Å². The van der Waals surface area contributed by atoms with Crippen LogP contribution in [0.15, 0.2) is 53.9 Å². The second-order valence-corrected chi connectivity index (χ2v) is 5.88. The lowest BCUT2D eigenvalue weighted by Crippen LogP contribution is -2.51. The van der Waals surface area contributed by atoms with Gasteiger partial charge in [0, 0.05) is 38.6 Å². The zero-order chi connectivity index (χ0) is 16.8. The van der Waals surface area contributed by atoms with Crippen molar-refractivity contribution < 1.29 is 0 Å². The molecule has 0 saturated carbocycles. The monoisotopic (exact) mass is 340 g/mol. The molecule has 1 N–H and O–H groups in total. The van der Waals surface area contributed by atoms with Crippen LogP contribution in [0.3, 0.4) is 0 Å². The molecule has 0 bridgehead atoms. The van der Waals surface area contributed by atoms with Crippen molar-refractivity contribution in [1.82, 2.24) is 20.3 Å². The number of piperazine rings is 1. The summed E-state index contributed by atoms with van der Waals surface area (Å²) in [5.41, 5.74) is 4.63. The molecule has 6 nitrogen and oxygen atoms in total. The lowest BCUT2D eigenvalue weighted by atomic mass is 10.3. The summed E-state index contributed by atoms with van der Waals surface area (Å²) in [6.07, 6.45) is 3.58. The average molecular weight is 340 g/mol. The van der Waals surface area contributed by atoms with E-state index in [0.29, 0.717) is 5.11 Å². The van der Waals surface area contributed by atoms with Crippen molar-refractivity contribution in [3.63, 3.8) is 0 Å². The number of anilines is 1. The molecule has 1 saturated heterocycles. The molecule has 1 aliphatic rings. The van der Waals surface area contributed by atoms with Crippen molar-refractivity contribution in [3.8, 4) is 0 Å². The fraction of sp³-hybridized carbons (Fsp3) is 0.294. The van der Waals surface area contributed by atoms with Crippen LogP contribution in [0.25, 0.3) is 0 Å². The van der Waals surface area contributed by atoms with E-state index in [1.807, 2.05) is 49.5 Å². The number of aromatic nitrogens is 2. The van der Waals surface area contributed by atoms with Crippen LogP contribution in [0, 0.1) is 0 Å². The maximum Gasteiger partial charge on any atom is 0.189 e. The van der Waals surface area contributed by atoms with Crippen LogP contribution in [0.2, 0.25) is 0 Å². The van der Waals surface area contributed by atoms with E-state index in [1.54, 1.807) is 6.20 Å². The molecule has 3 rings (SSSR count). The first-order chi connectivity index (χ1) is 11.7. The summed E-state index contributed by atoms with van der Waals surface area (Å²) in [6, 6.07) is 11.7. The minimum absolute atomic E-state index is 0.644. The minimum Gasteiger partial charge on any atom is -0.353 e. The first-order valence-electron chi connectivity index (χ1n) is 7.90.